The SMILES string of the molecule is CCCNc1cc(N(C)C(C)CC)nc(C(C)C)n1. The first kappa shape index (κ1) is 15.7. The van der Waals surface area contributed by atoms with Gasteiger partial charge in [0.15, 0.2) is 0 Å². The van der Waals surface area contributed by atoms with Crippen molar-refractivity contribution in [2.75, 3.05) is 23.8 Å². The highest BCUT2D eigenvalue weighted by molar-refractivity contribution is 5.49. The average molecular weight is 264 g/mol. The maximum atomic E-state index is 4.68. The molecule has 0 aliphatic heterocycles. The molecule has 0 saturated heterocycles. The molecule has 1 heterocycles. The van der Waals surface area contributed by atoms with Crippen molar-refractivity contribution in [3.05, 3.63) is 11.9 Å². The van der Waals surface area contributed by atoms with Crippen molar-refractivity contribution in [2.45, 2.75) is 59.4 Å². The van der Waals surface area contributed by atoms with E-state index in [1.807, 2.05) is 6.07 Å². The van der Waals surface area contributed by atoms with Crippen LogP contribution in [-0.4, -0.2) is 29.6 Å². The monoisotopic (exact) mass is 264 g/mol. The minimum Gasteiger partial charge on any atom is -0.370 e. The summed E-state index contributed by atoms with van der Waals surface area (Å²) < 4.78 is 0. The van der Waals surface area contributed by atoms with Crippen LogP contribution >= 0.6 is 0 Å². The first-order chi connectivity index (χ1) is 8.99. The average Bonchev–Trinajstić information content (AvgIpc) is 2.42. The lowest BCUT2D eigenvalue weighted by atomic mass is 10.2. The molecule has 0 aliphatic carbocycles. The molecule has 1 atom stereocenters. The van der Waals surface area contributed by atoms with Gasteiger partial charge in [-0.05, 0) is 19.8 Å². The fourth-order valence-corrected chi connectivity index (χ4v) is 1.73. The molecule has 4 nitrogen and oxygen atoms in total. The van der Waals surface area contributed by atoms with Crippen molar-refractivity contribution in [1.82, 2.24) is 9.97 Å². The number of anilines is 2. The van der Waals surface area contributed by atoms with Crippen LogP contribution in [0.15, 0.2) is 6.07 Å². The molecule has 0 aliphatic rings. The Bertz CT molecular complexity index is 390. The van der Waals surface area contributed by atoms with Gasteiger partial charge in [0.05, 0.1) is 0 Å². The summed E-state index contributed by atoms with van der Waals surface area (Å²) in [5.74, 6) is 3.19. The van der Waals surface area contributed by atoms with Crippen molar-refractivity contribution < 1.29 is 0 Å². The van der Waals surface area contributed by atoms with Crippen LogP contribution in [-0.2, 0) is 0 Å². The second kappa shape index (κ2) is 7.31. The highest BCUT2D eigenvalue weighted by Gasteiger charge is 2.14. The van der Waals surface area contributed by atoms with Gasteiger partial charge < -0.3 is 10.2 Å². The van der Waals surface area contributed by atoms with E-state index in [4.69, 9.17) is 0 Å². The normalized spacial score (nSPS) is 12.6. The zero-order valence-electron chi connectivity index (χ0n) is 13.2. The molecule has 0 aromatic carbocycles. The van der Waals surface area contributed by atoms with Gasteiger partial charge in [0.25, 0.3) is 0 Å². The van der Waals surface area contributed by atoms with Gasteiger partial charge in [-0.1, -0.05) is 27.7 Å². The van der Waals surface area contributed by atoms with Gasteiger partial charge in [0.1, 0.15) is 17.5 Å². The van der Waals surface area contributed by atoms with E-state index in [1.165, 1.54) is 0 Å². The summed E-state index contributed by atoms with van der Waals surface area (Å²) in [6, 6.07) is 2.53. The highest BCUT2D eigenvalue weighted by atomic mass is 15.2. The van der Waals surface area contributed by atoms with Crippen LogP contribution in [0, 0.1) is 0 Å². The van der Waals surface area contributed by atoms with Gasteiger partial charge in [-0.25, -0.2) is 9.97 Å². The van der Waals surface area contributed by atoms with Gasteiger partial charge in [-0.3, -0.25) is 0 Å². The molecule has 1 unspecified atom stereocenters. The molecule has 4 heteroatoms. The van der Waals surface area contributed by atoms with E-state index in [-0.39, 0.29) is 0 Å². The van der Waals surface area contributed by atoms with Crippen LogP contribution in [0.1, 0.15) is 59.2 Å². The van der Waals surface area contributed by atoms with Gasteiger partial charge >= 0.3 is 0 Å². The van der Waals surface area contributed by atoms with Crippen molar-refractivity contribution >= 4 is 11.6 Å². The molecule has 1 aromatic rings. The molecular formula is C15H28N4. The van der Waals surface area contributed by atoms with E-state index in [9.17, 15) is 0 Å². The molecule has 108 valence electrons. The molecule has 1 aromatic heterocycles. The van der Waals surface area contributed by atoms with Crippen LogP contribution in [0.4, 0.5) is 11.6 Å². The summed E-state index contributed by atoms with van der Waals surface area (Å²) in [5, 5.41) is 3.36. The first-order valence-electron chi connectivity index (χ1n) is 7.35. The van der Waals surface area contributed by atoms with Gasteiger partial charge in [0.2, 0.25) is 0 Å². The smallest absolute Gasteiger partial charge is 0.135 e. The number of aromatic nitrogens is 2. The standard InChI is InChI=1S/C15H28N4/c1-7-9-16-13-10-14(19(6)12(5)8-2)18-15(17-13)11(3)4/h10-12H,7-9H2,1-6H3,(H,16,17,18). The predicted octanol–water partition coefficient (Wildman–Crippen LogP) is 3.66. The number of nitrogens with zero attached hydrogens (tertiary/aromatic N) is 3. The van der Waals surface area contributed by atoms with Gasteiger partial charge in [0, 0.05) is 31.6 Å². The minimum atomic E-state index is 0.340. The maximum absolute atomic E-state index is 4.68. The van der Waals surface area contributed by atoms with Gasteiger partial charge in [-0.2, -0.15) is 0 Å². The minimum absolute atomic E-state index is 0.340. The summed E-state index contributed by atoms with van der Waals surface area (Å²) in [7, 11) is 2.10. The van der Waals surface area contributed by atoms with E-state index in [2.05, 4.69) is 61.9 Å². The second-order valence-corrected chi connectivity index (χ2v) is 5.42. The Kier molecular flexibility index (Phi) is 6.06. The molecule has 0 bridgehead atoms. The van der Waals surface area contributed by atoms with E-state index < -0.39 is 0 Å². The largest absolute Gasteiger partial charge is 0.370 e. The summed E-state index contributed by atoms with van der Waals surface area (Å²) >= 11 is 0. The number of rotatable bonds is 7. The third kappa shape index (κ3) is 4.37. The Morgan fingerprint density at radius 3 is 2.42 bits per heavy atom. The second-order valence-electron chi connectivity index (χ2n) is 5.42. The fourth-order valence-electron chi connectivity index (χ4n) is 1.73. The lowest BCUT2D eigenvalue weighted by Gasteiger charge is -2.26. The molecule has 1 N–H and O–H groups in total. The van der Waals surface area contributed by atoms with Crippen LogP contribution in [0.3, 0.4) is 0 Å². The van der Waals surface area contributed by atoms with Crippen LogP contribution in [0.25, 0.3) is 0 Å². The Balaban J connectivity index is 3.05. The quantitative estimate of drug-likeness (QED) is 0.816. The van der Waals surface area contributed by atoms with Crippen molar-refractivity contribution in [3.8, 4) is 0 Å². The summed E-state index contributed by atoms with van der Waals surface area (Å²) in [6.45, 7) is 11.8. The molecule has 0 fully saturated rings. The Morgan fingerprint density at radius 2 is 1.89 bits per heavy atom. The highest BCUT2D eigenvalue weighted by Crippen LogP contribution is 2.21. The molecular weight excluding hydrogens is 236 g/mol. The van der Waals surface area contributed by atoms with Gasteiger partial charge in [-0.15, -0.1) is 0 Å². The number of hydrogen-bond acceptors (Lipinski definition) is 4. The van der Waals surface area contributed by atoms with Crippen LogP contribution in [0.2, 0.25) is 0 Å². The third-order valence-electron chi connectivity index (χ3n) is 3.42. The van der Waals surface area contributed by atoms with E-state index in [0.29, 0.717) is 12.0 Å². The molecule has 0 radical (unpaired) electrons. The van der Waals surface area contributed by atoms with Crippen molar-refractivity contribution in [3.63, 3.8) is 0 Å². The lowest BCUT2D eigenvalue weighted by Crippen LogP contribution is -2.29. The zero-order valence-corrected chi connectivity index (χ0v) is 13.2. The van der Waals surface area contributed by atoms with E-state index >= 15 is 0 Å². The first-order valence-corrected chi connectivity index (χ1v) is 7.35. The Hall–Kier alpha value is -1.32. The Labute approximate surface area is 117 Å². The molecule has 1 rings (SSSR count). The van der Waals surface area contributed by atoms with E-state index in [0.717, 1.165) is 36.8 Å². The zero-order chi connectivity index (χ0) is 14.4. The fraction of sp³-hybridized carbons (Fsp3) is 0.733. The molecule has 19 heavy (non-hydrogen) atoms. The maximum Gasteiger partial charge on any atom is 0.135 e. The topological polar surface area (TPSA) is 41.0 Å². The van der Waals surface area contributed by atoms with Crippen LogP contribution < -0.4 is 10.2 Å². The summed E-state index contributed by atoms with van der Waals surface area (Å²) in [4.78, 5) is 11.5. The molecule has 0 saturated carbocycles. The third-order valence-corrected chi connectivity index (χ3v) is 3.42. The number of nitrogens with one attached hydrogen (secondary N) is 1. The molecule has 0 spiro atoms. The number of hydrogen-bond donors (Lipinski definition) is 1. The summed E-state index contributed by atoms with van der Waals surface area (Å²) in [6.07, 6.45) is 2.20. The Morgan fingerprint density at radius 1 is 1.21 bits per heavy atom. The van der Waals surface area contributed by atoms with Crippen molar-refractivity contribution in [2.24, 2.45) is 0 Å². The molecule has 0 amide bonds. The lowest BCUT2D eigenvalue weighted by molar-refractivity contribution is 0.650. The predicted molar refractivity (Wildman–Crippen MR) is 83.1 cm³/mol. The summed E-state index contributed by atoms with van der Waals surface area (Å²) in [5.41, 5.74) is 0. The van der Waals surface area contributed by atoms with Crippen LogP contribution in [0.5, 0.6) is 0 Å². The van der Waals surface area contributed by atoms with Crippen molar-refractivity contribution in [1.29, 1.82) is 0 Å². The van der Waals surface area contributed by atoms with E-state index in [1.54, 1.807) is 0 Å².